The third-order valence-electron chi connectivity index (χ3n) is 4.01. The molecule has 0 unspecified atom stereocenters. The Morgan fingerprint density at radius 3 is 2.88 bits per heavy atom. The van der Waals surface area contributed by atoms with Crippen LogP contribution in [-0.4, -0.2) is 40.2 Å². The SMILES string of the molecule is O=[N+]([O-])c1cc[nH]c1NCCSCc1ccc(CN2CCCC2)s1. The lowest BCUT2D eigenvalue weighted by Crippen LogP contribution is -2.17. The zero-order valence-electron chi connectivity index (χ0n) is 13.5. The van der Waals surface area contributed by atoms with Crippen LogP contribution in [0, 0.1) is 10.1 Å². The lowest BCUT2D eigenvalue weighted by Gasteiger charge is -2.12. The standard InChI is InChI=1S/C16H22N4O2S2/c21-20(22)15-5-6-17-16(15)18-7-10-23-12-14-4-3-13(24-14)11-19-8-1-2-9-19/h3-6,17-18H,1-2,7-12H2. The molecule has 130 valence electrons. The molecule has 0 aromatic carbocycles. The third kappa shape index (κ3) is 4.75. The molecule has 1 fully saturated rings. The Morgan fingerprint density at radius 1 is 1.29 bits per heavy atom. The second-order valence-corrected chi connectivity index (χ2v) is 8.18. The fourth-order valence-electron chi connectivity index (χ4n) is 2.82. The van der Waals surface area contributed by atoms with Gasteiger partial charge in [0.05, 0.1) is 4.92 Å². The summed E-state index contributed by atoms with van der Waals surface area (Å²) in [6.45, 7) is 4.27. The fraction of sp³-hybridized carbons (Fsp3) is 0.500. The maximum absolute atomic E-state index is 10.8. The number of nitro groups is 1. The third-order valence-corrected chi connectivity index (χ3v) is 6.27. The zero-order valence-corrected chi connectivity index (χ0v) is 15.1. The fourth-order valence-corrected chi connectivity index (χ4v) is 4.85. The van der Waals surface area contributed by atoms with Crippen LogP contribution in [0.15, 0.2) is 24.4 Å². The molecule has 1 aliphatic heterocycles. The van der Waals surface area contributed by atoms with Gasteiger partial charge in [-0.1, -0.05) is 0 Å². The van der Waals surface area contributed by atoms with Gasteiger partial charge in [-0.2, -0.15) is 11.8 Å². The molecule has 1 saturated heterocycles. The second-order valence-electron chi connectivity index (χ2n) is 5.83. The van der Waals surface area contributed by atoms with Crippen molar-refractivity contribution < 1.29 is 4.92 Å². The smallest absolute Gasteiger partial charge is 0.310 e. The van der Waals surface area contributed by atoms with E-state index in [0.29, 0.717) is 12.4 Å². The molecule has 8 heteroatoms. The minimum absolute atomic E-state index is 0.102. The summed E-state index contributed by atoms with van der Waals surface area (Å²) in [7, 11) is 0. The molecule has 3 rings (SSSR count). The minimum atomic E-state index is -0.375. The van der Waals surface area contributed by atoms with Crippen LogP contribution >= 0.6 is 23.1 Å². The summed E-state index contributed by atoms with van der Waals surface area (Å²) in [5.41, 5.74) is 0.102. The van der Waals surface area contributed by atoms with Gasteiger partial charge in [-0.3, -0.25) is 15.0 Å². The Bertz CT molecular complexity index is 665. The number of likely N-dealkylation sites (tertiary alicyclic amines) is 1. The first-order chi connectivity index (χ1) is 11.7. The van der Waals surface area contributed by atoms with Gasteiger partial charge in [0.25, 0.3) is 0 Å². The Morgan fingerprint density at radius 2 is 2.08 bits per heavy atom. The van der Waals surface area contributed by atoms with Gasteiger partial charge in [-0.05, 0) is 38.1 Å². The van der Waals surface area contributed by atoms with Crippen LogP contribution in [0.1, 0.15) is 22.6 Å². The van der Waals surface area contributed by atoms with Crippen LogP contribution in [0.2, 0.25) is 0 Å². The van der Waals surface area contributed by atoms with Crippen molar-refractivity contribution in [2.45, 2.75) is 25.1 Å². The highest BCUT2D eigenvalue weighted by Crippen LogP contribution is 2.25. The maximum atomic E-state index is 10.8. The average Bonchev–Trinajstić information content (AvgIpc) is 3.29. The van der Waals surface area contributed by atoms with Crippen molar-refractivity contribution in [2.24, 2.45) is 0 Å². The Balaban J connectivity index is 1.35. The van der Waals surface area contributed by atoms with E-state index in [1.807, 2.05) is 23.1 Å². The molecule has 0 spiro atoms. The van der Waals surface area contributed by atoms with Gasteiger partial charge in [-0.15, -0.1) is 11.3 Å². The van der Waals surface area contributed by atoms with Crippen molar-refractivity contribution in [2.75, 3.05) is 30.7 Å². The summed E-state index contributed by atoms with van der Waals surface area (Å²) in [5, 5.41) is 13.9. The molecule has 0 aliphatic carbocycles. The summed E-state index contributed by atoms with van der Waals surface area (Å²) in [5.74, 6) is 2.40. The number of aromatic nitrogens is 1. The molecule has 6 nitrogen and oxygen atoms in total. The van der Waals surface area contributed by atoms with E-state index in [4.69, 9.17) is 0 Å². The summed E-state index contributed by atoms with van der Waals surface area (Å²) < 4.78 is 0. The second kappa shape index (κ2) is 8.55. The number of anilines is 1. The van der Waals surface area contributed by atoms with E-state index in [1.54, 1.807) is 6.20 Å². The molecule has 3 heterocycles. The first-order valence-corrected chi connectivity index (χ1v) is 10.1. The van der Waals surface area contributed by atoms with E-state index in [9.17, 15) is 10.1 Å². The van der Waals surface area contributed by atoms with Gasteiger partial charge in [0, 0.05) is 46.6 Å². The Kier molecular flexibility index (Phi) is 6.17. The number of rotatable bonds is 9. The molecule has 1 aliphatic rings. The molecular weight excluding hydrogens is 344 g/mol. The van der Waals surface area contributed by atoms with Crippen LogP contribution in [0.5, 0.6) is 0 Å². The van der Waals surface area contributed by atoms with Crippen LogP contribution in [0.25, 0.3) is 0 Å². The lowest BCUT2D eigenvalue weighted by atomic mass is 10.4. The van der Waals surface area contributed by atoms with Crippen LogP contribution < -0.4 is 5.32 Å². The first-order valence-electron chi connectivity index (χ1n) is 8.16. The maximum Gasteiger partial charge on any atom is 0.310 e. The number of H-pyrrole nitrogens is 1. The number of nitrogens with one attached hydrogen (secondary N) is 2. The largest absolute Gasteiger partial charge is 0.365 e. The first kappa shape index (κ1) is 17.3. The van der Waals surface area contributed by atoms with Gasteiger partial charge in [0.2, 0.25) is 0 Å². The van der Waals surface area contributed by atoms with E-state index in [0.717, 1.165) is 18.1 Å². The number of hydrogen-bond acceptors (Lipinski definition) is 6. The zero-order chi connectivity index (χ0) is 16.8. The van der Waals surface area contributed by atoms with Crippen molar-refractivity contribution in [3.8, 4) is 0 Å². The average molecular weight is 367 g/mol. The van der Waals surface area contributed by atoms with Crippen LogP contribution in [0.3, 0.4) is 0 Å². The normalized spacial score (nSPS) is 15.0. The Hall–Kier alpha value is -1.51. The predicted molar refractivity (Wildman–Crippen MR) is 101 cm³/mol. The quantitative estimate of drug-likeness (QED) is 0.400. The molecule has 0 amide bonds. The summed E-state index contributed by atoms with van der Waals surface area (Å²) >= 11 is 3.75. The minimum Gasteiger partial charge on any atom is -0.365 e. The van der Waals surface area contributed by atoms with Crippen LogP contribution in [0.4, 0.5) is 11.5 Å². The number of thioether (sulfide) groups is 1. The highest BCUT2D eigenvalue weighted by atomic mass is 32.2. The van der Waals surface area contributed by atoms with E-state index < -0.39 is 0 Å². The molecule has 0 bridgehead atoms. The van der Waals surface area contributed by atoms with Gasteiger partial charge in [-0.25, -0.2) is 0 Å². The van der Waals surface area contributed by atoms with Gasteiger partial charge in [0.1, 0.15) is 0 Å². The number of hydrogen-bond donors (Lipinski definition) is 2. The molecule has 0 atom stereocenters. The van der Waals surface area contributed by atoms with E-state index >= 15 is 0 Å². The van der Waals surface area contributed by atoms with E-state index in [-0.39, 0.29) is 10.6 Å². The highest BCUT2D eigenvalue weighted by molar-refractivity contribution is 7.98. The highest BCUT2D eigenvalue weighted by Gasteiger charge is 2.14. The molecule has 0 saturated carbocycles. The monoisotopic (exact) mass is 366 g/mol. The lowest BCUT2D eigenvalue weighted by molar-refractivity contribution is -0.383. The van der Waals surface area contributed by atoms with Crippen molar-refractivity contribution in [3.05, 3.63) is 44.3 Å². The van der Waals surface area contributed by atoms with E-state index in [1.165, 1.54) is 41.8 Å². The molecule has 2 N–H and O–H groups in total. The van der Waals surface area contributed by atoms with Gasteiger partial charge >= 0.3 is 5.69 Å². The summed E-state index contributed by atoms with van der Waals surface area (Å²) in [6.07, 6.45) is 4.25. The van der Waals surface area contributed by atoms with Crippen molar-refractivity contribution in [1.29, 1.82) is 0 Å². The van der Waals surface area contributed by atoms with Crippen molar-refractivity contribution >= 4 is 34.6 Å². The topological polar surface area (TPSA) is 74.2 Å². The van der Waals surface area contributed by atoms with Gasteiger partial charge < -0.3 is 10.3 Å². The van der Waals surface area contributed by atoms with Crippen molar-refractivity contribution in [1.82, 2.24) is 9.88 Å². The van der Waals surface area contributed by atoms with Crippen LogP contribution in [-0.2, 0) is 12.3 Å². The summed E-state index contributed by atoms with van der Waals surface area (Å²) in [6, 6.07) is 5.95. The number of nitrogens with zero attached hydrogens (tertiary/aromatic N) is 2. The molecular formula is C16H22N4O2S2. The van der Waals surface area contributed by atoms with E-state index in [2.05, 4.69) is 27.3 Å². The number of aromatic amines is 1. The van der Waals surface area contributed by atoms with Gasteiger partial charge in [0.15, 0.2) is 5.82 Å². The molecule has 24 heavy (non-hydrogen) atoms. The number of thiophene rings is 1. The predicted octanol–water partition coefficient (Wildman–Crippen LogP) is 3.93. The Labute approximate surface area is 149 Å². The van der Waals surface area contributed by atoms with Crippen molar-refractivity contribution in [3.63, 3.8) is 0 Å². The molecule has 2 aromatic rings. The summed E-state index contributed by atoms with van der Waals surface area (Å²) in [4.78, 5) is 18.7. The molecule has 0 radical (unpaired) electrons. The molecule has 2 aromatic heterocycles.